The highest BCUT2D eigenvalue weighted by Gasteiger charge is 2.12. The summed E-state index contributed by atoms with van der Waals surface area (Å²) in [7, 11) is 0. The van der Waals surface area contributed by atoms with Crippen LogP contribution in [0.3, 0.4) is 0 Å². The Morgan fingerprint density at radius 2 is 2.25 bits per heavy atom. The van der Waals surface area contributed by atoms with Crippen molar-refractivity contribution in [2.75, 3.05) is 0 Å². The van der Waals surface area contributed by atoms with Crippen molar-refractivity contribution in [3.8, 4) is 0 Å². The number of hydrogen-bond acceptors (Lipinski definition) is 3. The van der Waals surface area contributed by atoms with Gasteiger partial charge < -0.3 is 0 Å². The molecule has 3 N–H and O–H groups in total. The quantitative estimate of drug-likeness (QED) is 0.613. The van der Waals surface area contributed by atoms with Gasteiger partial charge >= 0.3 is 0 Å². The molecule has 1 unspecified atom stereocenters. The fourth-order valence-corrected chi connectivity index (χ4v) is 3.00. The van der Waals surface area contributed by atoms with Gasteiger partial charge in [0.05, 0.1) is 0 Å². The van der Waals surface area contributed by atoms with Crippen LogP contribution in [-0.2, 0) is 0 Å². The van der Waals surface area contributed by atoms with Crippen LogP contribution in [-0.4, -0.2) is 0 Å². The predicted octanol–water partition coefficient (Wildman–Crippen LogP) is 3.60. The zero-order valence-corrected chi connectivity index (χ0v) is 10.4. The summed E-state index contributed by atoms with van der Waals surface area (Å²) in [6.07, 6.45) is 3.51. The third kappa shape index (κ3) is 2.26. The molecule has 16 heavy (non-hydrogen) atoms. The van der Waals surface area contributed by atoms with Crippen LogP contribution in [0.2, 0.25) is 0 Å². The van der Waals surface area contributed by atoms with Crippen LogP contribution in [0.15, 0.2) is 29.6 Å². The topological polar surface area (TPSA) is 38.0 Å². The normalized spacial score (nSPS) is 13.1. The van der Waals surface area contributed by atoms with Gasteiger partial charge in [-0.2, -0.15) is 0 Å². The maximum atomic E-state index is 5.66. The number of hydrazine groups is 1. The lowest BCUT2D eigenvalue weighted by Crippen LogP contribution is -2.28. The number of nitrogens with one attached hydrogen (secondary N) is 1. The highest BCUT2D eigenvalue weighted by molar-refractivity contribution is 7.17. The lowest BCUT2D eigenvalue weighted by molar-refractivity contribution is 0.498. The number of hydrogen-bond donors (Lipinski definition) is 2. The smallest absolute Gasteiger partial charge is 0.0474 e. The third-order valence-electron chi connectivity index (χ3n) is 2.93. The molecule has 1 atom stereocenters. The standard InChI is InChI=1S/C13H18N2S/c1-2-3-7-12(15-14)11-6-4-5-10-8-9-16-13(10)11/h4-6,8-9,12,15H,2-3,7,14H2,1H3. The molecule has 0 aliphatic rings. The maximum Gasteiger partial charge on any atom is 0.0474 e. The van der Waals surface area contributed by atoms with Gasteiger partial charge in [-0.05, 0) is 28.8 Å². The van der Waals surface area contributed by atoms with Crippen LogP contribution in [0, 0.1) is 0 Å². The van der Waals surface area contributed by atoms with Gasteiger partial charge in [-0.25, -0.2) is 0 Å². The molecule has 3 heteroatoms. The first-order valence-electron chi connectivity index (χ1n) is 5.79. The van der Waals surface area contributed by atoms with Crippen molar-refractivity contribution in [1.82, 2.24) is 5.43 Å². The average Bonchev–Trinajstić information content (AvgIpc) is 2.78. The van der Waals surface area contributed by atoms with Crippen molar-refractivity contribution in [1.29, 1.82) is 0 Å². The Bertz CT molecular complexity index is 450. The van der Waals surface area contributed by atoms with Crippen LogP contribution in [0.4, 0.5) is 0 Å². The zero-order chi connectivity index (χ0) is 11.4. The minimum Gasteiger partial charge on any atom is -0.271 e. The van der Waals surface area contributed by atoms with Gasteiger partial charge in [0.25, 0.3) is 0 Å². The molecular weight excluding hydrogens is 216 g/mol. The Morgan fingerprint density at radius 3 is 3.00 bits per heavy atom. The largest absolute Gasteiger partial charge is 0.271 e. The van der Waals surface area contributed by atoms with Crippen molar-refractivity contribution in [3.05, 3.63) is 35.2 Å². The van der Waals surface area contributed by atoms with E-state index in [9.17, 15) is 0 Å². The highest BCUT2D eigenvalue weighted by Crippen LogP contribution is 2.30. The average molecular weight is 234 g/mol. The molecule has 1 aromatic carbocycles. The van der Waals surface area contributed by atoms with Gasteiger partial charge in [0, 0.05) is 10.7 Å². The van der Waals surface area contributed by atoms with E-state index in [1.165, 1.54) is 28.5 Å². The van der Waals surface area contributed by atoms with Gasteiger partial charge in [0.1, 0.15) is 0 Å². The maximum absolute atomic E-state index is 5.66. The van der Waals surface area contributed by atoms with E-state index >= 15 is 0 Å². The number of rotatable bonds is 5. The fraction of sp³-hybridized carbons (Fsp3) is 0.385. The van der Waals surface area contributed by atoms with E-state index in [1.807, 2.05) is 0 Å². The second kappa shape index (κ2) is 5.43. The molecule has 0 saturated carbocycles. The molecule has 0 radical (unpaired) electrons. The lowest BCUT2D eigenvalue weighted by Gasteiger charge is -2.16. The first kappa shape index (κ1) is 11.6. The zero-order valence-electron chi connectivity index (χ0n) is 9.57. The first-order chi connectivity index (χ1) is 7.86. The molecule has 0 fully saturated rings. The Hall–Kier alpha value is -0.900. The molecule has 2 aromatic rings. The van der Waals surface area contributed by atoms with E-state index in [0.717, 1.165) is 6.42 Å². The van der Waals surface area contributed by atoms with Crippen molar-refractivity contribution in [3.63, 3.8) is 0 Å². The summed E-state index contributed by atoms with van der Waals surface area (Å²) >= 11 is 1.80. The highest BCUT2D eigenvalue weighted by atomic mass is 32.1. The van der Waals surface area contributed by atoms with Crippen LogP contribution in [0.1, 0.15) is 37.8 Å². The van der Waals surface area contributed by atoms with E-state index in [1.54, 1.807) is 11.3 Å². The molecule has 1 aromatic heterocycles. The van der Waals surface area contributed by atoms with Crippen LogP contribution in [0.5, 0.6) is 0 Å². The second-order valence-electron chi connectivity index (χ2n) is 4.05. The van der Waals surface area contributed by atoms with Crippen LogP contribution < -0.4 is 11.3 Å². The molecule has 86 valence electrons. The van der Waals surface area contributed by atoms with Gasteiger partial charge in [-0.1, -0.05) is 38.0 Å². The molecule has 2 rings (SSSR count). The van der Waals surface area contributed by atoms with E-state index < -0.39 is 0 Å². The SMILES string of the molecule is CCCCC(NN)c1cccc2ccsc12. The third-order valence-corrected chi connectivity index (χ3v) is 3.91. The number of thiophene rings is 1. The number of unbranched alkanes of at least 4 members (excludes halogenated alkanes) is 1. The molecule has 1 heterocycles. The van der Waals surface area contributed by atoms with E-state index in [2.05, 4.69) is 42.0 Å². The minimum atomic E-state index is 0.280. The Kier molecular flexibility index (Phi) is 3.93. The number of benzene rings is 1. The Labute approximate surface area is 100 Å². The summed E-state index contributed by atoms with van der Waals surface area (Å²) in [5, 5.41) is 3.46. The minimum absolute atomic E-state index is 0.280. The fourth-order valence-electron chi connectivity index (χ4n) is 2.03. The predicted molar refractivity (Wildman–Crippen MR) is 71.4 cm³/mol. The summed E-state index contributed by atoms with van der Waals surface area (Å²) in [6.45, 7) is 2.21. The summed E-state index contributed by atoms with van der Waals surface area (Å²) in [6, 6.07) is 8.89. The first-order valence-corrected chi connectivity index (χ1v) is 6.67. The van der Waals surface area contributed by atoms with Crippen molar-refractivity contribution >= 4 is 21.4 Å². The monoisotopic (exact) mass is 234 g/mol. The number of fused-ring (bicyclic) bond motifs is 1. The lowest BCUT2D eigenvalue weighted by atomic mass is 10.0. The van der Waals surface area contributed by atoms with Crippen molar-refractivity contribution < 1.29 is 0 Å². The molecule has 0 bridgehead atoms. The van der Waals surface area contributed by atoms with Crippen LogP contribution >= 0.6 is 11.3 Å². The van der Waals surface area contributed by atoms with Gasteiger partial charge in [-0.15, -0.1) is 11.3 Å². The second-order valence-corrected chi connectivity index (χ2v) is 4.96. The number of nitrogens with two attached hydrogens (primary N) is 1. The van der Waals surface area contributed by atoms with Crippen LogP contribution in [0.25, 0.3) is 10.1 Å². The molecule has 0 aliphatic carbocycles. The molecule has 0 amide bonds. The summed E-state index contributed by atoms with van der Waals surface area (Å²) in [5.41, 5.74) is 4.28. The summed E-state index contributed by atoms with van der Waals surface area (Å²) < 4.78 is 1.36. The molecule has 0 saturated heterocycles. The van der Waals surface area contributed by atoms with Crippen molar-refractivity contribution in [2.45, 2.75) is 32.2 Å². The summed E-state index contributed by atoms with van der Waals surface area (Å²) in [5.74, 6) is 5.66. The van der Waals surface area contributed by atoms with Gasteiger partial charge in [0.15, 0.2) is 0 Å². The van der Waals surface area contributed by atoms with Gasteiger partial charge in [-0.3, -0.25) is 11.3 Å². The molecule has 0 aliphatic heterocycles. The Morgan fingerprint density at radius 1 is 1.38 bits per heavy atom. The van der Waals surface area contributed by atoms with Gasteiger partial charge in [0.2, 0.25) is 0 Å². The molecular formula is C13H18N2S. The molecule has 0 spiro atoms. The van der Waals surface area contributed by atoms with E-state index in [4.69, 9.17) is 5.84 Å². The van der Waals surface area contributed by atoms with Crippen molar-refractivity contribution in [2.24, 2.45) is 5.84 Å². The summed E-state index contributed by atoms with van der Waals surface area (Å²) in [4.78, 5) is 0. The van der Waals surface area contributed by atoms with E-state index in [-0.39, 0.29) is 6.04 Å². The Balaban J connectivity index is 2.32. The molecule has 2 nitrogen and oxygen atoms in total. The van der Waals surface area contributed by atoms with E-state index in [0.29, 0.717) is 0 Å².